The molecule has 1 aromatic heterocycles. The van der Waals surface area contributed by atoms with Gasteiger partial charge in [-0.2, -0.15) is 0 Å². The van der Waals surface area contributed by atoms with E-state index in [-0.39, 0.29) is 5.56 Å². The maximum absolute atomic E-state index is 11.0. The number of nitrogens with one attached hydrogen (secondary N) is 1. The highest BCUT2D eigenvalue weighted by Crippen LogP contribution is 2.26. The van der Waals surface area contributed by atoms with Gasteiger partial charge in [0.25, 0.3) is 0 Å². The molecule has 21 heavy (non-hydrogen) atoms. The van der Waals surface area contributed by atoms with Crippen LogP contribution >= 0.6 is 0 Å². The molecule has 0 spiro atoms. The zero-order valence-electron chi connectivity index (χ0n) is 11.8. The number of pyridine rings is 1. The topological polar surface area (TPSA) is 80.7 Å². The van der Waals surface area contributed by atoms with Crippen molar-refractivity contribution in [2.24, 2.45) is 0 Å². The van der Waals surface area contributed by atoms with Gasteiger partial charge in [0, 0.05) is 6.07 Å². The van der Waals surface area contributed by atoms with Crippen LogP contribution in [0, 0.1) is 0 Å². The molecule has 0 bridgehead atoms. The van der Waals surface area contributed by atoms with Crippen molar-refractivity contribution in [2.45, 2.75) is 6.54 Å². The molecule has 2 N–H and O–H groups in total. The first-order chi connectivity index (χ1) is 10.1. The van der Waals surface area contributed by atoms with E-state index < -0.39 is 5.97 Å². The predicted octanol–water partition coefficient (Wildman–Crippen LogP) is 2.41. The molecule has 0 saturated carbocycles. The quantitative estimate of drug-likeness (QED) is 0.849. The van der Waals surface area contributed by atoms with Gasteiger partial charge < -0.3 is 19.9 Å². The third-order valence-electron chi connectivity index (χ3n) is 2.90. The molecule has 110 valence electrons. The normalized spacial score (nSPS) is 10.0. The second-order valence-electron chi connectivity index (χ2n) is 4.25. The van der Waals surface area contributed by atoms with E-state index >= 15 is 0 Å². The number of rotatable bonds is 6. The molecular weight excluding hydrogens is 272 g/mol. The van der Waals surface area contributed by atoms with Crippen LogP contribution < -0.4 is 14.8 Å². The Morgan fingerprint density at radius 1 is 1.24 bits per heavy atom. The molecule has 0 saturated heterocycles. The number of carboxylic acids is 1. The molecule has 0 atom stereocenters. The highest BCUT2D eigenvalue weighted by molar-refractivity contribution is 5.89. The summed E-state index contributed by atoms with van der Waals surface area (Å²) in [5.74, 6) is 0.114. The number of carbonyl (C=O) groups is 1. The largest absolute Gasteiger partial charge is 0.495 e. The van der Waals surface area contributed by atoms with Crippen molar-refractivity contribution in [3.8, 4) is 11.6 Å². The fraction of sp³-hybridized carbons (Fsp3) is 0.200. The van der Waals surface area contributed by atoms with Crippen molar-refractivity contribution in [2.75, 3.05) is 19.5 Å². The fourth-order valence-electron chi connectivity index (χ4n) is 1.83. The SMILES string of the molecule is COc1cccc(CNc2cc(C(=O)O)ccc2OC)n1. The predicted molar refractivity (Wildman–Crippen MR) is 78.1 cm³/mol. The highest BCUT2D eigenvalue weighted by Gasteiger charge is 2.09. The summed E-state index contributed by atoms with van der Waals surface area (Å²) in [7, 11) is 3.09. The smallest absolute Gasteiger partial charge is 0.335 e. The van der Waals surface area contributed by atoms with Crippen molar-refractivity contribution in [3.05, 3.63) is 47.7 Å². The Hall–Kier alpha value is -2.76. The van der Waals surface area contributed by atoms with E-state index in [2.05, 4.69) is 10.3 Å². The lowest BCUT2D eigenvalue weighted by atomic mass is 10.2. The average molecular weight is 288 g/mol. The Morgan fingerprint density at radius 2 is 2.05 bits per heavy atom. The Labute approximate surface area is 122 Å². The summed E-state index contributed by atoms with van der Waals surface area (Å²) in [6.07, 6.45) is 0. The zero-order chi connectivity index (χ0) is 15.2. The minimum atomic E-state index is -0.986. The Balaban J connectivity index is 2.17. The molecule has 1 heterocycles. The highest BCUT2D eigenvalue weighted by atomic mass is 16.5. The van der Waals surface area contributed by atoms with E-state index in [0.717, 1.165) is 5.69 Å². The molecule has 6 heteroatoms. The van der Waals surface area contributed by atoms with Crippen LogP contribution in [-0.2, 0) is 6.54 Å². The number of methoxy groups -OCH3 is 2. The Bertz CT molecular complexity index is 643. The van der Waals surface area contributed by atoms with Gasteiger partial charge in [-0.25, -0.2) is 9.78 Å². The number of hydrogen-bond acceptors (Lipinski definition) is 5. The van der Waals surface area contributed by atoms with Crippen LogP contribution in [0.1, 0.15) is 16.1 Å². The Morgan fingerprint density at radius 3 is 2.71 bits per heavy atom. The van der Waals surface area contributed by atoms with Crippen LogP contribution in [0.4, 0.5) is 5.69 Å². The molecule has 0 radical (unpaired) electrons. The fourth-order valence-corrected chi connectivity index (χ4v) is 1.83. The number of hydrogen-bond donors (Lipinski definition) is 2. The summed E-state index contributed by atoms with van der Waals surface area (Å²) < 4.78 is 10.3. The second-order valence-corrected chi connectivity index (χ2v) is 4.25. The van der Waals surface area contributed by atoms with E-state index in [1.165, 1.54) is 19.2 Å². The molecule has 2 rings (SSSR count). The van der Waals surface area contributed by atoms with Crippen molar-refractivity contribution >= 4 is 11.7 Å². The average Bonchev–Trinajstić information content (AvgIpc) is 2.52. The van der Waals surface area contributed by atoms with Crippen molar-refractivity contribution < 1.29 is 19.4 Å². The molecule has 6 nitrogen and oxygen atoms in total. The van der Waals surface area contributed by atoms with E-state index in [1.54, 1.807) is 19.2 Å². The van der Waals surface area contributed by atoms with Gasteiger partial charge in [-0.1, -0.05) is 6.07 Å². The summed E-state index contributed by atoms with van der Waals surface area (Å²) in [5.41, 5.74) is 1.57. The maximum Gasteiger partial charge on any atom is 0.335 e. The molecule has 1 aromatic carbocycles. The number of nitrogens with zero attached hydrogens (tertiary/aromatic N) is 1. The van der Waals surface area contributed by atoms with Gasteiger partial charge in [-0.05, 0) is 24.3 Å². The first kappa shape index (κ1) is 14.6. The standard InChI is InChI=1S/C15H16N2O4/c1-20-13-7-6-10(15(18)19)8-12(13)16-9-11-4-3-5-14(17-11)21-2/h3-8,16H,9H2,1-2H3,(H,18,19). The molecule has 2 aromatic rings. The number of aromatic carboxylic acids is 1. The van der Waals surface area contributed by atoms with Crippen LogP contribution in [0.15, 0.2) is 36.4 Å². The third-order valence-corrected chi connectivity index (χ3v) is 2.90. The van der Waals surface area contributed by atoms with Crippen LogP contribution in [0.2, 0.25) is 0 Å². The van der Waals surface area contributed by atoms with Gasteiger partial charge in [0.05, 0.1) is 37.7 Å². The lowest BCUT2D eigenvalue weighted by Crippen LogP contribution is -2.05. The Kier molecular flexibility index (Phi) is 4.61. The second kappa shape index (κ2) is 6.60. The lowest BCUT2D eigenvalue weighted by Gasteiger charge is -2.12. The van der Waals surface area contributed by atoms with Crippen molar-refractivity contribution in [3.63, 3.8) is 0 Å². The number of ether oxygens (including phenoxy) is 2. The van der Waals surface area contributed by atoms with E-state index in [9.17, 15) is 4.79 Å². The number of aromatic nitrogens is 1. The van der Waals surface area contributed by atoms with Crippen molar-refractivity contribution in [1.29, 1.82) is 0 Å². The molecule has 0 fully saturated rings. The van der Waals surface area contributed by atoms with Crippen LogP contribution in [-0.4, -0.2) is 30.3 Å². The van der Waals surface area contributed by atoms with Crippen LogP contribution in [0.5, 0.6) is 11.6 Å². The summed E-state index contributed by atoms with van der Waals surface area (Å²) in [6.45, 7) is 0.427. The molecule has 0 amide bonds. The van der Waals surface area contributed by atoms with Crippen LogP contribution in [0.25, 0.3) is 0 Å². The summed E-state index contributed by atoms with van der Waals surface area (Å²) >= 11 is 0. The molecular formula is C15H16N2O4. The summed E-state index contributed by atoms with van der Waals surface area (Å²) in [4.78, 5) is 15.3. The molecule has 0 aliphatic carbocycles. The summed E-state index contributed by atoms with van der Waals surface area (Å²) in [6, 6.07) is 10.1. The van der Waals surface area contributed by atoms with Gasteiger partial charge >= 0.3 is 5.97 Å². The van der Waals surface area contributed by atoms with E-state index in [4.69, 9.17) is 14.6 Å². The summed E-state index contributed by atoms with van der Waals surface area (Å²) in [5, 5.41) is 12.1. The molecule has 0 aliphatic heterocycles. The molecule has 0 aliphatic rings. The number of anilines is 1. The first-order valence-electron chi connectivity index (χ1n) is 6.29. The third kappa shape index (κ3) is 3.62. The monoisotopic (exact) mass is 288 g/mol. The van der Waals surface area contributed by atoms with Gasteiger partial charge in [0.15, 0.2) is 0 Å². The lowest BCUT2D eigenvalue weighted by molar-refractivity contribution is 0.0697. The minimum Gasteiger partial charge on any atom is -0.495 e. The number of carboxylic acid groups (broad SMARTS) is 1. The maximum atomic E-state index is 11.0. The van der Waals surface area contributed by atoms with Crippen molar-refractivity contribution in [1.82, 2.24) is 4.98 Å². The number of benzene rings is 1. The molecule has 0 unspecified atom stereocenters. The van der Waals surface area contributed by atoms with E-state index in [1.807, 2.05) is 12.1 Å². The first-order valence-corrected chi connectivity index (χ1v) is 6.29. The van der Waals surface area contributed by atoms with E-state index in [0.29, 0.717) is 23.9 Å². The zero-order valence-corrected chi connectivity index (χ0v) is 11.8. The van der Waals surface area contributed by atoms with Gasteiger partial charge in [-0.3, -0.25) is 0 Å². The van der Waals surface area contributed by atoms with Crippen LogP contribution in [0.3, 0.4) is 0 Å². The minimum absolute atomic E-state index is 0.192. The van der Waals surface area contributed by atoms with Gasteiger partial charge in [-0.15, -0.1) is 0 Å². The van der Waals surface area contributed by atoms with Gasteiger partial charge in [0.2, 0.25) is 5.88 Å². The van der Waals surface area contributed by atoms with Gasteiger partial charge in [0.1, 0.15) is 5.75 Å².